The van der Waals surface area contributed by atoms with Crippen molar-refractivity contribution in [2.45, 2.75) is 19.1 Å². The van der Waals surface area contributed by atoms with Crippen LogP contribution in [-0.2, 0) is 13.0 Å². The monoisotopic (exact) mass is 311 g/mol. The quantitative estimate of drug-likeness (QED) is 0.872. The van der Waals surface area contributed by atoms with Gasteiger partial charge >= 0.3 is 0 Å². The number of aliphatic hydroxyl groups is 1. The van der Waals surface area contributed by atoms with Gasteiger partial charge in [-0.3, -0.25) is 14.7 Å². The maximum Gasteiger partial charge on any atom is 0.252 e. The lowest BCUT2D eigenvalue weighted by molar-refractivity contribution is 0.0841. The fraction of sp³-hybridized carbons (Fsp3) is 0.333. The summed E-state index contributed by atoms with van der Waals surface area (Å²) < 4.78 is 0. The number of carbonyl (C=O) groups excluding carboxylic acids is 1. The number of aliphatic hydroxyl groups excluding tert-OH is 1. The zero-order valence-corrected chi connectivity index (χ0v) is 13.0. The van der Waals surface area contributed by atoms with Crippen molar-refractivity contribution in [1.29, 1.82) is 0 Å². The first kappa shape index (κ1) is 15.6. The highest BCUT2D eigenvalue weighted by molar-refractivity contribution is 5.93. The van der Waals surface area contributed by atoms with E-state index in [9.17, 15) is 9.90 Å². The molecule has 0 bridgehead atoms. The summed E-state index contributed by atoms with van der Waals surface area (Å²) in [7, 11) is 0. The predicted octanol–water partition coefficient (Wildman–Crippen LogP) is 1.23. The number of β-amino-alcohol motifs (C(OH)–C–C–N with tert-alkyl or cyclic N) is 1. The summed E-state index contributed by atoms with van der Waals surface area (Å²) in [6.07, 6.45) is 3.56. The van der Waals surface area contributed by atoms with Crippen molar-refractivity contribution in [3.63, 3.8) is 0 Å². The van der Waals surface area contributed by atoms with Gasteiger partial charge in [0.15, 0.2) is 0 Å². The Hall–Kier alpha value is -2.24. The van der Waals surface area contributed by atoms with Gasteiger partial charge in [-0.15, -0.1) is 0 Å². The minimum Gasteiger partial charge on any atom is -0.390 e. The van der Waals surface area contributed by atoms with Gasteiger partial charge in [0.2, 0.25) is 0 Å². The molecule has 1 atom stereocenters. The van der Waals surface area contributed by atoms with Crippen LogP contribution in [0.4, 0.5) is 0 Å². The molecule has 120 valence electrons. The zero-order valence-electron chi connectivity index (χ0n) is 13.0. The number of nitrogens with zero attached hydrogens (tertiary/aromatic N) is 2. The Kier molecular flexibility index (Phi) is 5.00. The Morgan fingerprint density at radius 1 is 1.26 bits per heavy atom. The van der Waals surface area contributed by atoms with E-state index >= 15 is 0 Å². The van der Waals surface area contributed by atoms with Crippen LogP contribution in [0.3, 0.4) is 0 Å². The van der Waals surface area contributed by atoms with E-state index in [1.54, 1.807) is 18.3 Å². The number of rotatable bonds is 5. The van der Waals surface area contributed by atoms with Crippen molar-refractivity contribution in [1.82, 2.24) is 15.2 Å². The molecule has 23 heavy (non-hydrogen) atoms. The Balaban J connectivity index is 1.47. The molecular weight excluding hydrogens is 290 g/mol. The molecular formula is C18H21N3O2. The number of nitrogens with one attached hydrogen (secondary N) is 1. The number of hydrogen-bond acceptors (Lipinski definition) is 4. The molecule has 3 rings (SSSR count). The summed E-state index contributed by atoms with van der Waals surface area (Å²) >= 11 is 0. The minimum absolute atomic E-state index is 0.207. The predicted molar refractivity (Wildman–Crippen MR) is 88.0 cm³/mol. The van der Waals surface area contributed by atoms with E-state index < -0.39 is 6.10 Å². The van der Waals surface area contributed by atoms with Crippen LogP contribution < -0.4 is 5.32 Å². The Bertz CT molecular complexity index is 660. The van der Waals surface area contributed by atoms with Gasteiger partial charge in [0.05, 0.1) is 11.7 Å². The van der Waals surface area contributed by atoms with Crippen LogP contribution in [0.1, 0.15) is 21.5 Å². The average molecular weight is 311 g/mol. The van der Waals surface area contributed by atoms with Crippen LogP contribution >= 0.6 is 0 Å². The molecule has 0 spiro atoms. The van der Waals surface area contributed by atoms with Gasteiger partial charge in [-0.25, -0.2) is 0 Å². The number of fused-ring (bicyclic) bond motifs is 1. The van der Waals surface area contributed by atoms with Gasteiger partial charge in [-0.1, -0.05) is 24.3 Å². The van der Waals surface area contributed by atoms with Crippen LogP contribution in [0, 0.1) is 0 Å². The number of benzene rings is 1. The van der Waals surface area contributed by atoms with Gasteiger partial charge < -0.3 is 10.4 Å². The maximum atomic E-state index is 11.9. The van der Waals surface area contributed by atoms with Gasteiger partial charge in [-0.2, -0.15) is 0 Å². The van der Waals surface area contributed by atoms with Crippen LogP contribution in [0.2, 0.25) is 0 Å². The highest BCUT2D eigenvalue weighted by atomic mass is 16.3. The highest BCUT2D eigenvalue weighted by Crippen LogP contribution is 2.18. The van der Waals surface area contributed by atoms with E-state index in [0.717, 1.165) is 19.5 Å². The summed E-state index contributed by atoms with van der Waals surface area (Å²) in [5, 5.41) is 12.9. The zero-order chi connectivity index (χ0) is 16.1. The van der Waals surface area contributed by atoms with E-state index in [-0.39, 0.29) is 12.5 Å². The van der Waals surface area contributed by atoms with E-state index in [1.165, 1.54) is 17.3 Å². The third-order valence-electron chi connectivity index (χ3n) is 4.10. The summed E-state index contributed by atoms with van der Waals surface area (Å²) in [4.78, 5) is 18.1. The molecule has 1 aromatic carbocycles. The third kappa shape index (κ3) is 4.15. The molecule has 0 saturated carbocycles. The topological polar surface area (TPSA) is 65.5 Å². The number of amides is 1. The maximum absolute atomic E-state index is 11.9. The average Bonchev–Trinajstić information content (AvgIpc) is 2.60. The fourth-order valence-electron chi connectivity index (χ4n) is 2.88. The number of pyridine rings is 1. The number of aromatic nitrogens is 1. The molecule has 0 radical (unpaired) electrons. The van der Waals surface area contributed by atoms with Crippen molar-refractivity contribution in [3.8, 4) is 0 Å². The standard InChI is InChI=1S/C18H21N3O2/c22-17(11-20-18(23)15-6-3-8-19-10-15)13-21-9-7-14-4-1-2-5-16(14)12-21/h1-6,8,10,17,22H,7,9,11-13H2,(H,20,23). The van der Waals surface area contributed by atoms with Crippen molar-refractivity contribution in [2.24, 2.45) is 0 Å². The van der Waals surface area contributed by atoms with Gasteiger partial charge in [0, 0.05) is 38.6 Å². The summed E-state index contributed by atoms with van der Waals surface area (Å²) in [5.74, 6) is -0.207. The first-order valence-corrected chi connectivity index (χ1v) is 7.88. The molecule has 0 saturated heterocycles. The van der Waals surface area contributed by atoms with Crippen LogP contribution in [0.5, 0.6) is 0 Å². The lowest BCUT2D eigenvalue weighted by Crippen LogP contribution is -2.42. The third-order valence-corrected chi connectivity index (χ3v) is 4.10. The minimum atomic E-state index is -0.583. The lowest BCUT2D eigenvalue weighted by atomic mass is 10.00. The molecule has 2 aromatic rings. The van der Waals surface area contributed by atoms with E-state index in [4.69, 9.17) is 0 Å². The highest BCUT2D eigenvalue weighted by Gasteiger charge is 2.18. The normalized spacial score (nSPS) is 15.7. The molecule has 1 unspecified atom stereocenters. The molecule has 1 amide bonds. The summed E-state index contributed by atoms with van der Waals surface area (Å²) in [6, 6.07) is 11.8. The molecule has 1 aliphatic heterocycles. The molecule has 5 heteroatoms. The lowest BCUT2D eigenvalue weighted by Gasteiger charge is -2.30. The molecule has 1 aromatic heterocycles. The van der Waals surface area contributed by atoms with Gasteiger partial charge in [0.1, 0.15) is 0 Å². The van der Waals surface area contributed by atoms with Crippen molar-refractivity contribution >= 4 is 5.91 Å². The van der Waals surface area contributed by atoms with Crippen LogP contribution in [0.25, 0.3) is 0 Å². The largest absolute Gasteiger partial charge is 0.390 e. The first-order chi connectivity index (χ1) is 11.2. The Labute approximate surface area is 136 Å². The second-order valence-electron chi connectivity index (χ2n) is 5.86. The van der Waals surface area contributed by atoms with Crippen molar-refractivity contribution < 1.29 is 9.90 Å². The van der Waals surface area contributed by atoms with E-state index in [2.05, 4.69) is 33.4 Å². The number of carbonyl (C=O) groups is 1. The SMILES string of the molecule is O=C(NCC(O)CN1CCc2ccccc2C1)c1cccnc1. The second kappa shape index (κ2) is 7.35. The fourth-order valence-corrected chi connectivity index (χ4v) is 2.88. The smallest absolute Gasteiger partial charge is 0.252 e. The molecule has 1 aliphatic rings. The molecule has 0 fully saturated rings. The van der Waals surface area contributed by atoms with Gasteiger partial charge in [0.25, 0.3) is 5.91 Å². The summed E-state index contributed by atoms with van der Waals surface area (Å²) in [5.41, 5.74) is 3.22. The Morgan fingerprint density at radius 3 is 2.87 bits per heavy atom. The first-order valence-electron chi connectivity index (χ1n) is 7.88. The summed E-state index contributed by atoms with van der Waals surface area (Å²) in [6.45, 7) is 2.59. The molecule has 2 N–H and O–H groups in total. The second-order valence-corrected chi connectivity index (χ2v) is 5.86. The van der Waals surface area contributed by atoms with Crippen LogP contribution in [0.15, 0.2) is 48.8 Å². The van der Waals surface area contributed by atoms with Crippen molar-refractivity contribution in [2.75, 3.05) is 19.6 Å². The van der Waals surface area contributed by atoms with E-state index in [1.807, 2.05) is 6.07 Å². The van der Waals surface area contributed by atoms with Crippen LogP contribution in [-0.4, -0.2) is 46.6 Å². The Morgan fingerprint density at radius 2 is 2.09 bits per heavy atom. The number of hydrogen-bond donors (Lipinski definition) is 2. The molecule has 0 aliphatic carbocycles. The van der Waals surface area contributed by atoms with Gasteiger partial charge in [-0.05, 0) is 29.7 Å². The molecule has 2 heterocycles. The van der Waals surface area contributed by atoms with Crippen molar-refractivity contribution in [3.05, 3.63) is 65.5 Å². The van der Waals surface area contributed by atoms with E-state index in [0.29, 0.717) is 12.1 Å². The molecule has 5 nitrogen and oxygen atoms in total.